The van der Waals surface area contributed by atoms with Crippen molar-refractivity contribution in [1.29, 1.82) is 0 Å². The molecule has 1 N–H and O–H groups in total. The molecule has 0 amide bonds. The van der Waals surface area contributed by atoms with Gasteiger partial charge in [0, 0.05) is 12.6 Å². The topological polar surface area (TPSA) is 56.3 Å². The fraction of sp³-hybridized carbons (Fsp3) is 0.286. The second-order valence-electron chi connectivity index (χ2n) is 4.08. The molecule has 0 aliphatic carbocycles. The zero-order valence-corrected chi connectivity index (χ0v) is 11.5. The summed E-state index contributed by atoms with van der Waals surface area (Å²) >= 11 is 0. The molecule has 0 saturated carbocycles. The lowest BCUT2D eigenvalue weighted by Crippen LogP contribution is -1.98. The lowest BCUT2D eigenvalue weighted by Gasteiger charge is -2.12. The summed E-state index contributed by atoms with van der Waals surface area (Å²) in [6, 6.07) is 7.61. The van der Waals surface area contributed by atoms with Gasteiger partial charge in [0.25, 0.3) is 0 Å². The SMILES string of the molecule is CNc1ccc(-c2cc(OC)c(C)cc2OC)nn1. The summed E-state index contributed by atoms with van der Waals surface area (Å²) in [6.07, 6.45) is 0. The molecule has 0 fully saturated rings. The Labute approximate surface area is 112 Å². The first kappa shape index (κ1) is 13.1. The molecule has 5 nitrogen and oxygen atoms in total. The van der Waals surface area contributed by atoms with Gasteiger partial charge in [0.1, 0.15) is 17.3 Å². The van der Waals surface area contributed by atoms with Crippen molar-refractivity contribution < 1.29 is 9.47 Å². The molecule has 2 rings (SSSR count). The Hall–Kier alpha value is -2.30. The number of aryl methyl sites for hydroxylation is 1. The van der Waals surface area contributed by atoms with E-state index >= 15 is 0 Å². The number of hydrogen-bond acceptors (Lipinski definition) is 5. The summed E-state index contributed by atoms with van der Waals surface area (Å²) < 4.78 is 10.7. The number of nitrogens with zero attached hydrogens (tertiary/aromatic N) is 2. The zero-order valence-electron chi connectivity index (χ0n) is 11.5. The second-order valence-corrected chi connectivity index (χ2v) is 4.08. The molecule has 1 heterocycles. The van der Waals surface area contributed by atoms with E-state index in [2.05, 4.69) is 15.5 Å². The minimum Gasteiger partial charge on any atom is -0.496 e. The molecule has 1 aromatic carbocycles. The molecule has 0 spiro atoms. The molecular weight excluding hydrogens is 242 g/mol. The minimum absolute atomic E-state index is 0.724. The number of ether oxygens (including phenoxy) is 2. The van der Waals surface area contributed by atoms with E-state index in [-0.39, 0.29) is 0 Å². The molecule has 1 aromatic heterocycles. The van der Waals surface area contributed by atoms with Crippen molar-refractivity contribution in [1.82, 2.24) is 10.2 Å². The summed E-state index contributed by atoms with van der Waals surface area (Å²) in [7, 11) is 5.09. The molecule has 5 heteroatoms. The predicted octanol–water partition coefficient (Wildman–Crippen LogP) is 2.51. The van der Waals surface area contributed by atoms with Crippen LogP contribution in [0, 0.1) is 6.92 Å². The number of methoxy groups -OCH3 is 2. The molecule has 2 aromatic rings. The summed E-state index contributed by atoms with van der Waals surface area (Å²) in [5.41, 5.74) is 2.62. The first-order chi connectivity index (χ1) is 9.19. The van der Waals surface area contributed by atoms with Gasteiger partial charge in [-0.3, -0.25) is 0 Å². The summed E-state index contributed by atoms with van der Waals surface area (Å²) in [4.78, 5) is 0. The molecule has 19 heavy (non-hydrogen) atoms. The summed E-state index contributed by atoms with van der Waals surface area (Å²) in [6.45, 7) is 1.97. The van der Waals surface area contributed by atoms with Crippen LogP contribution in [0.1, 0.15) is 5.56 Å². The van der Waals surface area contributed by atoms with Gasteiger partial charge in [-0.15, -0.1) is 10.2 Å². The largest absolute Gasteiger partial charge is 0.496 e. The Morgan fingerprint density at radius 2 is 1.74 bits per heavy atom. The van der Waals surface area contributed by atoms with Gasteiger partial charge >= 0.3 is 0 Å². The van der Waals surface area contributed by atoms with Crippen molar-refractivity contribution in [2.24, 2.45) is 0 Å². The maximum absolute atomic E-state index is 5.40. The van der Waals surface area contributed by atoms with Crippen LogP contribution in [-0.4, -0.2) is 31.5 Å². The molecule has 0 aliphatic rings. The van der Waals surface area contributed by atoms with Crippen LogP contribution in [0.2, 0.25) is 0 Å². The zero-order chi connectivity index (χ0) is 13.8. The Bertz CT molecular complexity index is 568. The Balaban J connectivity index is 2.52. The smallest absolute Gasteiger partial charge is 0.148 e. The molecule has 0 radical (unpaired) electrons. The number of rotatable bonds is 4. The third-order valence-electron chi connectivity index (χ3n) is 2.91. The molecule has 0 bridgehead atoms. The molecule has 0 aliphatic heterocycles. The maximum Gasteiger partial charge on any atom is 0.148 e. The highest BCUT2D eigenvalue weighted by Crippen LogP contribution is 2.34. The van der Waals surface area contributed by atoms with Crippen LogP contribution in [0.3, 0.4) is 0 Å². The van der Waals surface area contributed by atoms with Gasteiger partial charge in [-0.2, -0.15) is 0 Å². The predicted molar refractivity (Wildman–Crippen MR) is 74.9 cm³/mol. The van der Waals surface area contributed by atoms with Crippen LogP contribution < -0.4 is 14.8 Å². The third-order valence-corrected chi connectivity index (χ3v) is 2.91. The van der Waals surface area contributed by atoms with E-state index < -0.39 is 0 Å². The van der Waals surface area contributed by atoms with Gasteiger partial charge < -0.3 is 14.8 Å². The maximum atomic E-state index is 5.40. The minimum atomic E-state index is 0.724. The highest BCUT2D eigenvalue weighted by atomic mass is 16.5. The van der Waals surface area contributed by atoms with Gasteiger partial charge in [0.2, 0.25) is 0 Å². The Morgan fingerprint density at radius 3 is 2.26 bits per heavy atom. The van der Waals surface area contributed by atoms with E-state index in [1.807, 2.05) is 31.2 Å². The van der Waals surface area contributed by atoms with Gasteiger partial charge in [-0.25, -0.2) is 0 Å². The fourth-order valence-corrected chi connectivity index (χ4v) is 1.86. The van der Waals surface area contributed by atoms with Gasteiger partial charge in [-0.1, -0.05) is 0 Å². The first-order valence-corrected chi connectivity index (χ1v) is 5.94. The molecule has 0 saturated heterocycles. The standard InChI is InChI=1S/C14H17N3O2/c1-9-7-13(19-4)10(8-12(9)18-3)11-5-6-14(15-2)17-16-11/h5-8H,1-4H3,(H,15,17). The van der Waals surface area contributed by atoms with Crippen molar-refractivity contribution in [2.45, 2.75) is 6.92 Å². The number of aromatic nitrogens is 2. The summed E-state index contributed by atoms with van der Waals surface area (Å²) in [5.74, 6) is 2.28. The molecular formula is C14H17N3O2. The third kappa shape index (κ3) is 2.59. The number of nitrogens with one attached hydrogen (secondary N) is 1. The van der Waals surface area contributed by atoms with Gasteiger partial charge in [-0.05, 0) is 36.8 Å². The van der Waals surface area contributed by atoms with Gasteiger partial charge in [0.15, 0.2) is 0 Å². The first-order valence-electron chi connectivity index (χ1n) is 5.94. The quantitative estimate of drug-likeness (QED) is 0.914. The van der Waals surface area contributed by atoms with E-state index in [0.717, 1.165) is 34.1 Å². The highest BCUT2D eigenvalue weighted by molar-refractivity contribution is 5.70. The van der Waals surface area contributed by atoms with E-state index in [4.69, 9.17) is 9.47 Å². The van der Waals surface area contributed by atoms with Crippen molar-refractivity contribution in [3.8, 4) is 22.8 Å². The van der Waals surface area contributed by atoms with E-state index in [1.165, 1.54) is 0 Å². The van der Waals surface area contributed by atoms with Crippen LogP contribution in [0.5, 0.6) is 11.5 Å². The Morgan fingerprint density at radius 1 is 1.00 bits per heavy atom. The van der Waals surface area contributed by atoms with Crippen LogP contribution in [0.25, 0.3) is 11.3 Å². The van der Waals surface area contributed by atoms with E-state index in [0.29, 0.717) is 0 Å². The van der Waals surface area contributed by atoms with E-state index in [9.17, 15) is 0 Å². The Kier molecular flexibility index (Phi) is 3.85. The van der Waals surface area contributed by atoms with Crippen LogP contribution in [0.15, 0.2) is 24.3 Å². The van der Waals surface area contributed by atoms with Crippen molar-refractivity contribution >= 4 is 5.82 Å². The van der Waals surface area contributed by atoms with Gasteiger partial charge in [0.05, 0.1) is 19.9 Å². The monoisotopic (exact) mass is 259 g/mol. The normalized spacial score (nSPS) is 10.1. The number of benzene rings is 1. The number of hydrogen-bond donors (Lipinski definition) is 1. The van der Waals surface area contributed by atoms with Crippen molar-refractivity contribution in [2.75, 3.05) is 26.6 Å². The molecule has 0 unspecified atom stereocenters. The summed E-state index contributed by atoms with van der Waals surface area (Å²) in [5, 5.41) is 11.2. The number of anilines is 1. The average Bonchev–Trinajstić information content (AvgIpc) is 2.47. The van der Waals surface area contributed by atoms with Crippen LogP contribution in [0.4, 0.5) is 5.82 Å². The van der Waals surface area contributed by atoms with E-state index in [1.54, 1.807) is 21.3 Å². The fourth-order valence-electron chi connectivity index (χ4n) is 1.86. The second kappa shape index (κ2) is 5.56. The van der Waals surface area contributed by atoms with Crippen LogP contribution in [-0.2, 0) is 0 Å². The van der Waals surface area contributed by atoms with Crippen LogP contribution >= 0.6 is 0 Å². The highest BCUT2D eigenvalue weighted by Gasteiger charge is 2.12. The molecule has 100 valence electrons. The molecule has 0 atom stereocenters. The van der Waals surface area contributed by atoms with Crippen molar-refractivity contribution in [3.63, 3.8) is 0 Å². The lowest BCUT2D eigenvalue weighted by molar-refractivity contribution is 0.401. The lowest BCUT2D eigenvalue weighted by atomic mass is 10.1. The average molecular weight is 259 g/mol. The van der Waals surface area contributed by atoms with Crippen molar-refractivity contribution in [3.05, 3.63) is 29.8 Å².